The first-order chi connectivity index (χ1) is 8.20. The van der Waals surface area contributed by atoms with Crippen molar-refractivity contribution in [3.05, 3.63) is 0 Å². The van der Waals surface area contributed by atoms with Gasteiger partial charge in [-0.25, -0.2) is 0 Å². The third kappa shape index (κ3) is 3.29. The molecule has 0 amide bonds. The molecule has 0 spiro atoms. The van der Waals surface area contributed by atoms with E-state index in [1.54, 1.807) is 0 Å². The molecule has 0 saturated carbocycles. The number of Topliss-reactive ketones (excluding diaryl/α,β-unsaturated/α-hetero) is 1. The van der Waals surface area contributed by atoms with Gasteiger partial charge in [-0.3, -0.25) is 9.69 Å². The highest BCUT2D eigenvalue weighted by Crippen LogP contribution is 2.23. The number of nitrogens with zero attached hydrogens (tertiary/aromatic N) is 2. The average molecular weight is 238 g/mol. The predicted molar refractivity (Wildman–Crippen MR) is 70.2 cm³/mol. The molecule has 2 rings (SSSR count). The van der Waals surface area contributed by atoms with Crippen molar-refractivity contribution in [3.8, 4) is 0 Å². The first kappa shape index (κ1) is 13.0. The minimum Gasteiger partial charge on any atom is -0.303 e. The second-order valence-electron chi connectivity index (χ2n) is 5.65. The monoisotopic (exact) mass is 238 g/mol. The lowest BCUT2D eigenvalue weighted by atomic mass is 9.95. The second-order valence-corrected chi connectivity index (χ2v) is 5.65. The molecule has 0 aromatic carbocycles. The molecule has 98 valence electrons. The Bertz CT molecular complexity index is 259. The maximum Gasteiger partial charge on any atom is 0.135 e. The molecule has 0 bridgehead atoms. The van der Waals surface area contributed by atoms with Crippen LogP contribution in [0.1, 0.15) is 46.0 Å². The van der Waals surface area contributed by atoms with E-state index in [9.17, 15) is 4.79 Å². The van der Waals surface area contributed by atoms with E-state index in [1.807, 2.05) is 0 Å². The molecule has 0 aliphatic carbocycles. The molecule has 2 aliphatic rings. The Morgan fingerprint density at radius 3 is 2.53 bits per heavy atom. The van der Waals surface area contributed by atoms with Crippen LogP contribution in [0.2, 0.25) is 0 Å². The van der Waals surface area contributed by atoms with Crippen LogP contribution in [0.4, 0.5) is 0 Å². The fourth-order valence-electron chi connectivity index (χ4n) is 3.36. The number of hydrogen-bond acceptors (Lipinski definition) is 3. The Kier molecular flexibility index (Phi) is 4.57. The van der Waals surface area contributed by atoms with Gasteiger partial charge in [-0.2, -0.15) is 0 Å². The molecule has 3 heteroatoms. The molecule has 0 N–H and O–H groups in total. The summed E-state index contributed by atoms with van der Waals surface area (Å²) in [5.74, 6) is 0.456. The van der Waals surface area contributed by atoms with Gasteiger partial charge in [-0.1, -0.05) is 6.92 Å². The van der Waals surface area contributed by atoms with Crippen LogP contribution in [0, 0.1) is 0 Å². The molecule has 3 nitrogen and oxygen atoms in total. The number of piperidine rings is 2. The normalized spacial score (nSPS) is 29.8. The van der Waals surface area contributed by atoms with Gasteiger partial charge in [0.15, 0.2) is 0 Å². The molecule has 2 aliphatic heterocycles. The van der Waals surface area contributed by atoms with E-state index in [0.717, 1.165) is 25.4 Å². The van der Waals surface area contributed by atoms with Crippen molar-refractivity contribution in [1.82, 2.24) is 9.80 Å². The van der Waals surface area contributed by atoms with Gasteiger partial charge in [0.1, 0.15) is 5.78 Å². The molecular weight excluding hydrogens is 212 g/mol. The van der Waals surface area contributed by atoms with Crippen molar-refractivity contribution in [2.45, 2.75) is 58.0 Å². The average Bonchev–Trinajstić information content (AvgIpc) is 2.31. The standard InChI is InChI=1S/C14H26N2O/c1-3-7-15-8-4-13(5-9-15)16-10-6-14(17)11-12(16)2/h12-13H,3-11H2,1-2H3. The topological polar surface area (TPSA) is 23.6 Å². The van der Waals surface area contributed by atoms with Gasteiger partial charge in [-0.15, -0.1) is 0 Å². The molecule has 1 atom stereocenters. The third-order valence-corrected chi connectivity index (χ3v) is 4.30. The Morgan fingerprint density at radius 1 is 1.24 bits per heavy atom. The van der Waals surface area contributed by atoms with Crippen LogP contribution < -0.4 is 0 Å². The second kappa shape index (κ2) is 5.96. The summed E-state index contributed by atoms with van der Waals surface area (Å²) in [6.45, 7) is 9.21. The van der Waals surface area contributed by atoms with Crippen LogP contribution in [-0.2, 0) is 4.79 Å². The summed E-state index contributed by atoms with van der Waals surface area (Å²) >= 11 is 0. The van der Waals surface area contributed by atoms with E-state index in [-0.39, 0.29) is 0 Å². The van der Waals surface area contributed by atoms with Crippen molar-refractivity contribution in [1.29, 1.82) is 0 Å². The number of likely N-dealkylation sites (tertiary alicyclic amines) is 2. The minimum atomic E-state index is 0.456. The summed E-state index contributed by atoms with van der Waals surface area (Å²) in [5.41, 5.74) is 0. The zero-order chi connectivity index (χ0) is 12.3. The molecule has 17 heavy (non-hydrogen) atoms. The summed E-state index contributed by atoms with van der Waals surface area (Å²) in [5, 5.41) is 0. The van der Waals surface area contributed by atoms with Crippen LogP contribution >= 0.6 is 0 Å². The number of hydrogen-bond donors (Lipinski definition) is 0. The van der Waals surface area contributed by atoms with Crippen molar-refractivity contribution in [2.75, 3.05) is 26.2 Å². The molecular formula is C14H26N2O. The maximum absolute atomic E-state index is 11.4. The van der Waals surface area contributed by atoms with Crippen molar-refractivity contribution < 1.29 is 4.79 Å². The summed E-state index contributed by atoms with van der Waals surface area (Å²) in [6.07, 6.45) is 5.39. The molecule has 2 saturated heterocycles. The van der Waals surface area contributed by atoms with Gasteiger partial charge in [0.25, 0.3) is 0 Å². The Balaban J connectivity index is 1.82. The van der Waals surface area contributed by atoms with Crippen molar-refractivity contribution in [2.24, 2.45) is 0 Å². The third-order valence-electron chi connectivity index (χ3n) is 4.30. The smallest absolute Gasteiger partial charge is 0.135 e. The zero-order valence-corrected chi connectivity index (χ0v) is 11.3. The largest absolute Gasteiger partial charge is 0.303 e. The van der Waals surface area contributed by atoms with E-state index >= 15 is 0 Å². The lowest BCUT2D eigenvalue weighted by Gasteiger charge is -2.43. The Morgan fingerprint density at radius 2 is 1.94 bits per heavy atom. The van der Waals surface area contributed by atoms with E-state index in [1.165, 1.54) is 38.9 Å². The van der Waals surface area contributed by atoms with Crippen molar-refractivity contribution in [3.63, 3.8) is 0 Å². The van der Waals surface area contributed by atoms with E-state index < -0.39 is 0 Å². The highest BCUT2D eigenvalue weighted by atomic mass is 16.1. The molecule has 0 aromatic rings. The number of carbonyl (C=O) groups excluding carboxylic acids is 1. The van der Waals surface area contributed by atoms with Gasteiger partial charge in [0.2, 0.25) is 0 Å². The van der Waals surface area contributed by atoms with Gasteiger partial charge < -0.3 is 4.90 Å². The van der Waals surface area contributed by atoms with Crippen LogP contribution in [-0.4, -0.2) is 53.8 Å². The minimum absolute atomic E-state index is 0.456. The van der Waals surface area contributed by atoms with Gasteiger partial charge in [-0.05, 0) is 45.8 Å². The first-order valence-corrected chi connectivity index (χ1v) is 7.20. The van der Waals surface area contributed by atoms with Gasteiger partial charge >= 0.3 is 0 Å². The zero-order valence-electron chi connectivity index (χ0n) is 11.3. The van der Waals surface area contributed by atoms with Crippen molar-refractivity contribution >= 4 is 5.78 Å². The Hall–Kier alpha value is -0.410. The highest BCUT2D eigenvalue weighted by Gasteiger charge is 2.31. The fourth-order valence-corrected chi connectivity index (χ4v) is 3.36. The molecule has 2 heterocycles. The first-order valence-electron chi connectivity index (χ1n) is 7.20. The van der Waals surface area contributed by atoms with Gasteiger partial charge in [0, 0.05) is 31.5 Å². The number of rotatable bonds is 3. The molecule has 0 radical (unpaired) electrons. The summed E-state index contributed by atoms with van der Waals surface area (Å²) in [6, 6.07) is 1.20. The molecule has 2 fully saturated rings. The van der Waals surface area contributed by atoms with E-state index in [2.05, 4.69) is 23.6 Å². The summed E-state index contributed by atoms with van der Waals surface area (Å²) < 4.78 is 0. The maximum atomic E-state index is 11.4. The predicted octanol–water partition coefficient (Wildman–Crippen LogP) is 1.91. The van der Waals surface area contributed by atoms with Crippen LogP contribution in [0.25, 0.3) is 0 Å². The van der Waals surface area contributed by atoms with E-state index in [4.69, 9.17) is 0 Å². The highest BCUT2D eigenvalue weighted by molar-refractivity contribution is 5.79. The Labute approximate surface area is 105 Å². The number of carbonyl (C=O) groups is 1. The number of ketones is 1. The van der Waals surface area contributed by atoms with Gasteiger partial charge in [0.05, 0.1) is 0 Å². The van der Waals surface area contributed by atoms with Crippen LogP contribution in [0.15, 0.2) is 0 Å². The SMILES string of the molecule is CCCN1CCC(N2CCC(=O)CC2C)CC1. The summed E-state index contributed by atoms with van der Waals surface area (Å²) in [7, 11) is 0. The quantitative estimate of drug-likeness (QED) is 0.750. The van der Waals surface area contributed by atoms with E-state index in [0.29, 0.717) is 11.8 Å². The lowest BCUT2D eigenvalue weighted by Crippen LogP contribution is -2.51. The molecule has 0 aromatic heterocycles. The fraction of sp³-hybridized carbons (Fsp3) is 0.929. The lowest BCUT2D eigenvalue weighted by molar-refractivity contribution is -0.123. The molecule has 1 unspecified atom stereocenters. The summed E-state index contributed by atoms with van der Waals surface area (Å²) in [4.78, 5) is 16.6. The van der Waals surface area contributed by atoms with Crippen LogP contribution in [0.3, 0.4) is 0 Å². The van der Waals surface area contributed by atoms with Crippen LogP contribution in [0.5, 0.6) is 0 Å².